The van der Waals surface area contributed by atoms with Gasteiger partial charge >= 0.3 is 0 Å². The molecule has 0 aliphatic rings. The van der Waals surface area contributed by atoms with Crippen molar-refractivity contribution in [1.82, 2.24) is 4.98 Å². The number of hydrogen-bond donors (Lipinski definition) is 0. The van der Waals surface area contributed by atoms with E-state index in [4.69, 9.17) is 9.40 Å². The maximum absolute atomic E-state index is 6.46. The van der Waals surface area contributed by atoms with Gasteiger partial charge in [0.05, 0.1) is 0 Å². The minimum absolute atomic E-state index is 0.584. The quantitative estimate of drug-likeness (QED) is 0.145. The van der Waals surface area contributed by atoms with E-state index in [1.165, 1.54) is 42.4 Å². The lowest BCUT2D eigenvalue weighted by Crippen LogP contribution is -2.09. The van der Waals surface area contributed by atoms with Crippen LogP contribution in [0.2, 0.25) is 0 Å². The number of hydrogen-bond acceptors (Lipinski definition) is 5. The predicted molar refractivity (Wildman–Crippen MR) is 260 cm³/mol. The van der Waals surface area contributed by atoms with Crippen molar-refractivity contribution in [2.75, 3.05) is 9.80 Å². The first-order chi connectivity index (χ1) is 30.1. The summed E-state index contributed by atoms with van der Waals surface area (Å²) in [7, 11) is 0. The molecular formula is C55H36BrN3OS. The van der Waals surface area contributed by atoms with E-state index in [-0.39, 0.29) is 0 Å². The summed E-state index contributed by atoms with van der Waals surface area (Å²) in [6, 6.07) is 77.0. The zero-order chi connectivity index (χ0) is 40.7. The van der Waals surface area contributed by atoms with Crippen LogP contribution in [0.25, 0.3) is 65.0 Å². The SMILES string of the molecule is Brc1ccc(-c2ccc3sc4ccc(-c5ccc(N(c6ccccc6)c6ccc(-c7nc8ccc(N(c9ccccc9)c9ccccc9)cc8o7)cc6)cc5)cc4c3c2)cc1. The van der Waals surface area contributed by atoms with Gasteiger partial charge in [0.15, 0.2) is 5.58 Å². The Hall–Kier alpha value is -7.25. The van der Waals surface area contributed by atoms with Gasteiger partial charge in [-0.2, -0.15) is 0 Å². The summed E-state index contributed by atoms with van der Waals surface area (Å²) in [6.07, 6.45) is 0. The van der Waals surface area contributed by atoms with E-state index >= 15 is 0 Å². The average Bonchev–Trinajstić information content (AvgIpc) is 3.92. The summed E-state index contributed by atoms with van der Waals surface area (Å²) < 4.78 is 10.1. The fraction of sp³-hybridized carbons (Fsp3) is 0. The average molecular weight is 867 g/mol. The van der Waals surface area contributed by atoms with Crippen molar-refractivity contribution in [3.05, 3.63) is 223 Å². The smallest absolute Gasteiger partial charge is 0.227 e. The number of benzene rings is 9. The summed E-state index contributed by atoms with van der Waals surface area (Å²) in [6.45, 7) is 0. The highest BCUT2D eigenvalue weighted by Gasteiger charge is 2.18. The number of anilines is 6. The Bertz CT molecular complexity index is 3250. The molecule has 0 fully saturated rings. The van der Waals surface area contributed by atoms with Crippen molar-refractivity contribution in [2.24, 2.45) is 0 Å². The monoisotopic (exact) mass is 865 g/mol. The number of thiophene rings is 1. The fourth-order valence-electron chi connectivity index (χ4n) is 8.14. The highest BCUT2D eigenvalue weighted by molar-refractivity contribution is 9.10. The van der Waals surface area contributed by atoms with Gasteiger partial charge in [-0.15, -0.1) is 11.3 Å². The number of para-hydroxylation sites is 3. The molecule has 0 atom stereocenters. The summed E-state index contributed by atoms with van der Waals surface area (Å²) >= 11 is 5.42. The Kier molecular flexibility index (Phi) is 9.49. The van der Waals surface area contributed by atoms with Gasteiger partial charge < -0.3 is 14.2 Å². The van der Waals surface area contributed by atoms with Gasteiger partial charge in [-0.25, -0.2) is 4.98 Å². The first kappa shape index (κ1) is 36.8. The molecule has 0 radical (unpaired) electrons. The molecule has 11 aromatic rings. The summed E-state index contributed by atoms with van der Waals surface area (Å²) in [5, 5.41) is 2.57. The van der Waals surface area contributed by atoms with Crippen LogP contribution < -0.4 is 9.80 Å². The molecule has 4 nitrogen and oxygen atoms in total. The second kappa shape index (κ2) is 15.7. The van der Waals surface area contributed by atoms with Crippen LogP contribution in [0.1, 0.15) is 0 Å². The summed E-state index contributed by atoms with van der Waals surface area (Å²) in [5.41, 5.74) is 13.6. The Labute approximate surface area is 366 Å². The van der Waals surface area contributed by atoms with Crippen molar-refractivity contribution in [1.29, 1.82) is 0 Å². The molecule has 2 heterocycles. The second-order valence-corrected chi connectivity index (χ2v) is 17.0. The van der Waals surface area contributed by atoms with Gasteiger partial charge in [0.2, 0.25) is 5.89 Å². The van der Waals surface area contributed by atoms with Crippen LogP contribution in [0.15, 0.2) is 227 Å². The lowest BCUT2D eigenvalue weighted by molar-refractivity contribution is 0.620. The van der Waals surface area contributed by atoms with Crippen LogP contribution >= 0.6 is 27.3 Å². The van der Waals surface area contributed by atoms with Crippen molar-refractivity contribution >= 4 is 92.7 Å². The molecule has 290 valence electrons. The normalized spacial score (nSPS) is 11.4. The van der Waals surface area contributed by atoms with Crippen LogP contribution in [0.4, 0.5) is 34.1 Å². The van der Waals surface area contributed by atoms with Crippen LogP contribution in [-0.4, -0.2) is 4.98 Å². The molecule has 0 aliphatic carbocycles. The molecule has 2 aromatic heterocycles. The number of rotatable bonds is 9. The van der Waals surface area contributed by atoms with Gasteiger partial charge in [0, 0.05) is 70.4 Å². The Morgan fingerprint density at radius 1 is 0.377 bits per heavy atom. The largest absolute Gasteiger partial charge is 0.436 e. The first-order valence-corrected chi connectivity index (χ1v) is 21.8. The van der Waals surface area contributed by atoms with Gasteiger partial charge in [-0.05, 0) is 144 Å². The maximum Gasteiger partial charge on any atom is 0.227 e. The van der Waals surface area contributed by atoms with E-state index < -0.39 is 0 Å². The number of oxazole rings is 1. The van der Waals surface area contributed by atoms with Crippen LogP contribution in [-0.2, 0) is 0 Å². The van der Waals surface area contributed by atoms with Crippen molar-refractivity contribution < 1.29 is 4.42 Å². The Morgan fingerprint density at radius 2 is 0.787 bits per heavy atom. The molecule has 11 rings (SSSR count). The molecule has 9 aromatic carbocycles. The number of fused-ring (bicyclic) bond motifs is 4. The molecule has 0 amide bonds. The van der Waals surface area contributed by atoms with E-state index in [0.29, 0.717) is 5.89 Å². The molecule has 6 heteroatoms. The maximum atomic E-state index is 6.46. The van der Waals surface area contributed by atoms with E-state index in [0.717, 1.165) is 55.3 Å². The predicted octanol–water partition coefficient (Wildman–Crippen LogP) is 16.9. The zero-order valence-corrected chi connectivity index (χ0v) is 35.2. The molecule has 0 saturated carbocycles. The van der Waals surface area contributed by atoms with Gasteiger partial charge in [-0.1, -0.05) is 107 Å². The number of nitrogens with zero attached hydrogens (tertiary/aromatic N) is 3. The van der Waals surface area contributed by atoms with Gasteiger partial charge in [0.25, 0.3) is 0 Å². The van der Waals surface area contributed by atoms with E-state index in [9.17, 15) is 0 Å². The molecular weight excluding hydrogens is 831 g/mol. The molecule has 0 saturated heterocycles. The Morgan fingerprint density at radius 3 is 1.30 bits per heavy atom. The lowest BCUT2D eigenvalue weighted by atomic mass is 10.00. The highest BCUT2D eigenvalue weighted by atomic mass is 79.9. The van der Waals surface area contributed by atoms with Crippen molar-refractivity contribution in [3.63, 3.8) is 0 Å². The molecule has 0 spiro atoms. The third-order valence-electron chi connectivity index (χ3n) is 11.2. The van der Waals surface area contributed by atoms with E-state index in [2.05, 4.69) is 226 Å². The van der Waals surface area contributed by atoms with Gasteiger partial charge in [-0.3, -0.25) is 0 Å². The van der Waals surface area contributed by atoms with Crippen molar-refractivity contribution in [3.8, 4) is 33.7 Å². The third kappa shape index (κ3) is 7.16. The first-order valence-electron chi connectivity index (χ1n) is 20.2. The van der Waals surface area contributed by atoms with E-state index in [1.54, 1.807) is 0 Å². The van der Waals surface area contributed by atoms with Crippen LogP contribution in [0.5, 0.6) is 0 Å². The van der Waals surface area contributed by atoms with E-state index in [1.807, 2.05) is 29.5 Å². The zero-order valence-electron chi connectivity index (χ0n) is 32.8. The minimum atomic E-state index is 0.584. The lowest BCUT2D eigenvalue weighted by Gasteiger charge is -2.25. The molecule has 0 N–H and O–H groups in total. The summed E-state index contributed by atoms with van der Waals surface area (Å²) in [4.78, 5) is 9.42. The van der Waals surface area contributed by atoms with Crippen LogP contribution in [0, 0.1) is 0 Å². The standard InChI is InChI=1S/C55H36BrN3OS/c56-42-24-16-37(17-25-42)40-22-32-53-49(34-40)50-35-41(23-33-54(50)61-53)38-18-26-46(27-19-38)58(43-10-4-1-5-11-43)47-28-20-39(21-29-47)55-57-51-31-30-48(36-52(51)60-55)59(44-12-6-2-7-13-44)45-14-8-3-9-15-45/h1-36H. The minimum Gasteiger partial charge on any atom is -0.436 e. The fourth-order valence-corrected chi connectivity index (χ4v) is 9.47. The summed E-state index contributed by atoms with van der Waals surface area (Å²) in [5.74, 6) is 0.584. The topological polar surface area (TPSA) is 32.5 Å². The second-order valence-electron chi connectivity index (χ2n) is 15.0. The molecule has 61 heavy (non-hydrogen) atoms. The van der Waals surface area contributed by atoms with Gasteiger partial charge in [0.1, 0.15) is 5.52 Å². The number of halogens is 1. The molecule has 0 aliphatic heterocycles. The third-order valence-corrected chi connectivity index (χ3v) is 12.8. The molecule has 0 bridgehead atoms. The highest BCUT2D eigenvalue weighted by Crippen LogP contribution is 2.41. The molecule has 0 unspecified atom stereocenters. The number of aromatic nitrogens is 1. The van der Waals surface area contributed by atoms with Crippen molar-refractivity contribution in [2.45, 2.75) is 0 Å². The Balaban J connectivity index is 0.892. The van der Waals surface area contributed by atoms with Crippen LogP contribution in [0.3, 0.4) is 0 Å².